The lowest BCUT2D eigenvalue weighted by atomic mass is 9.74. The molecule has 1 fully saturated rings. The van der Waals surface area contributed by atoms with Crippen molar-refractivity contribution in [3.63, 3.8) is 0 Å². The molecular formula is C15H21NO2. The highest BCUT2D eigenvalue weighted by atomic mass is 16.5. The average Bonchev–Trinajstić information content (AvgIpc) is 2.33. The van der Waals surface area contributed by atoms with Gasteiger partial charge in [-0.3, -0.25) is 4.79 Å². The molecule has 3 nitrogen and oxygen atoms in total. The number of benzene rings is 1. The fraction of sp³-hybridized carbons (Fsp3) is 0.533. The number of methoxy groups -OCH3 is 1. The molecule has 98 valence electrons. The molecule has 1 saturated carbocycles. The topological polar surface area (TPSA) is 38.3 Å². The number of rotatable bonds is 4. The van der Waals surface area contributed by atoms with Gasteiger partial charge in [-0.05, 0) is 43.7 Å². The number of esters is 1. The van der Waals surface area contributed by atoms with Crippen molar-refractivity contribution >= 4 is 5.97 Å². The lowest BCUT2D eigenvalue weighted by Gasteiger charge is -2.38. The average molecular weight is 247 g/mol. The van der Waals surface area contributed by atoms with Gasteiger partial charge in [-0.1, -0.05) is 24.3 Å². The Kier molecular flexibility index (Phi) is 4.02. The van der Waals surface area contributed by atoms with Crippen molar-refractivity contribution in [1.29, 1.82) is 0 Å². The molecule has 1 aromatic carbocycles. The summed E-state index contributed by atoms with van der Waals surface area (Å²) in [6, 6.07) is 8.77. The molecule has 18 heavy (non-hydrogen) atoms. The van der Waals surface area contributed by atoms with Crippen LogP contribution in [0.25, 0.3) is 0 Å². The number of hydrogen-bond donors (Lipinski definition) is 1. The zero-order valence-corrected chi connectivity index (χ0v) is 11.3. The first-order valence-electron chi connectivity index (χ1n) is 6.51. The quantitative estimate of drug-likeness (QED) is 0.830. The molecule has 1 aliphatic carbocycles. The molecule has 0 saturated heterocycles. The summed E-state index contributed by atoms with van der Waals surface area (Å²) in [5, 5.41) is 3.31. The van der Waals surface area contributed by atoms with Gasteiger partial charge in [0.25, 0.3) is 0 Å². The molecule has 1 N–H and O–H groups in total. The molecular weight excluding hydrogens is 226 g/mol. The first kappa shape index (κ1) is 13.1. The van der Waals surface area contributed by atoms with E-state index in [1.165, 1.54) is 18.2 Å². The third-order valence-electron chi connectivity index (χ3n) is 3.81. The second kappa shape index (κ2) is 5.53. The van der Waals surface area contributed by atoms with E-state index in [9.17, 15) is 4.79 Å². The number of hydrogen-bond acceptors (Lipinski definition) is 3. The zero-order chi connectivity index (χ0) is 13.1. The van der Waals surface area contributed by atoms with Gasteiger partial charge in [0.1, 0.15) is 6.04 Å². The Balaban J connectivity index is 1.84. The van der Waals surface area contributed by atoms with E-state index in [0.29, 0.717) is 12.0 Å². The van der Waals surface area contributed by atoms with Crippen LogP contribution in [0.2, 0.25) is 0 Å². The summed E-state index contributed by atoms with van der Waals surface area (Å²) in [5.74, 6) is 0.447. The Morgan fingerprint density at radius 2 is 2.06 bits per heavy atom. The molecule has 0 heterocycles. The van der Waals surface area contributed by atoms with Crippen LogP contribution in [0.5, 0.6) is 0 Å². The van der Waals surface area contributed by atoms with E-state index < -0.39 is 0 Å². The minimum absolute atomic E-state index is 0.186. The first-order valence-corrected chi connectivity index (χ1v) is 6.51. The van der Waals surface area contributed by atoms with Gasteiger partial charge >= 0.3 is 5.97 Å². The molecule has 1 aromatic rings. The number of ether oxygens (including phenoxy) is 1. The summed E-state index contributed by atoms with van der Waals surface area (Å²) in [4.78, 5) is 11.3. The maximum Gasteiger partial charge on any atom is 0.322 e. The fourth-order valence-corrected chi connectivity index (χ4v) is 2.65. The fourth-order valence-electron chi connectivity index (χ4n) is 2.65. The van der Waals surface area contributed by atoms with Gasteiger partial charge in [-0.2, -0.15) is 0 Å². The van der Waals surface area contributed by atoms with Gasteiger partial charge in [-0.25, -0.2) is 0 Å². The lowest BCUT2D eigenvalue weighted by molar-refractivity contribution is -0.143. The predicted octanol–water partition coefficient (Wildman–Crippen LogP) is 2.39. The van der Waals surface area contributed by atoms with Crippen LogP contribution in [0.15, 0.2) is 24.3 Å². The van der Waals surface area contributed by atoms with Crippen LogP contribution in [0.3, 0.4) is 0 Å². The van der Waals surface area contributed by atoms with E-state index in [4.69, 9.17) is 4.74 Å². The van der Waals surface area contributed by atoms with Crippen molar-refractivity contribution in [2.24, 2.45) is 0 Å². The second-order valence-corrected chi connectivity index (χ2v) is 5.13. The summed E-state index contributed by atoms with van der Waals surface area (Å²) in [5.41, 5.74) is 2.81. The monoisotopic (exact) mass is 247 g/mol. The number of aryl methyl sites for hydroxylation is 1. The lowest BCUT2D eigenvalue weighted by Crippen LogP contribution is -2.47. The number of nitrogens with one attached hydrogen (secondary N) is 1. The normalized spacial score (nSPS) is 24.2. The Bertz CT molecular complexity index is 424. The minimum atomic E-state index is -0.210. The van der Waals surface area contributed by atoms with E-state index in [1.807, 2.05) is 6.92 Å². The molecule has 0 radical (unpaired) electrons. The summed E-state index contributed by atoms with van der Waals surface area (Å²) in [6.45, 7) is 4.01. The largest absolute Gasteiger partial charge is 0.468 e. The molecule has 1 unspecified atom stereocenters. The van der Waals surface area contributed by atoms with Crippen molar-refractivity contribution in [2.75, 3.05) is 7.11 Å². The standard InChI is InChI=1S/C15H21NO2/c1-10-6-4-5-7-14(10)12-8-13(9-12)16-11(2)15(17)18-3/h4-7,11-13,16H,8-9H2,1-3H3. The summed E-state index contributed by atoms with van der Waals surface area (Å²) in [6.07, 6.45) is 2.21. The van der Waals surface area contributed by atoms with Gasteiger partial charge in [0, 0.05) is 6.04 Å². The predicted molar refractivity (Wildman–Crippen MR) is 71.6 cm³/mol. The molecule has 0 aliphatic heterocycles. The van der Waals surface area contributed by atoms with Crippen LogP contribution in [0.4, 0.5) is 0 Å². The van der Waals surface area contributed by atoms with E-state index >= 15 is 0 Å². The maximum atomic E-state index is 11.3. The summed E-state index contributed by atoms with van der Waals surface area (Å²) >= 11 is 0. The molecule has 0 bridgehead atoms. The summed E-state index contributed by atoms with van der Waals surface area (Å²) < 4.78 is 4.71. The highest BCUT2D eigenvalue weighted by Gasteiger charge is 2.32. The Morgan fingerprint density at radius 3 is 2.67 bits per heavy atom. The van der Waals surface area contributed by atoms with Crippen molar-refractivity contribution in [3.05, 3.63) is 35.4 Å². The van der Waals surface area contributed by atoms with Crippen molar-refractivity contribution < 1.29 is 9.53 Å². The van der Waals surface area contributed by atoms with E-state index in [-0.39, 0.29) is 12.0 Å². The van der Waals surface area contributed by atoms with Crippen LogP contribution in [-0.4, -0.2) is 25.2 Å². The molecule has 0 spiro atoms. The molecule has 2 rings (SSSR count). The Morgan fingerprint density at radius 1 is 1.39 bits per heavy atom. The van der Waals surface area contributed by atoms with Crippen LogP contribution in [0, 0.1) is 6.92 Å². The van der Waals surface area contributed by atoms with Gasteiger partial charge in [0.15, 0.2) is 0 Å². The molecule has 1 aliphatic rings. The van der Waals surface area contributed by atoms with Crippen molar-refractivity contribution in [3.8, 4) is 0 Å². The van der Waals surface area contributed by atoms with E-state index in [2.05, 4.69) is 36.5 Å². The minimum Gasteiger partial charge on any atom is -0.468 e. The van der Waals surface area contributed by atoms with Crippen LogP contribution < -0.4 is 5.32 Å². The van der Waals surface area contributed by atoms with Gasteiger partial charge in [-0.15, -0.1) is 0 Å². The molecule has 3 heteroatoms. The van der Waals surface area contributed by atoms with Crippen LogP contribution >= 0.6 is 0 Å². The van der Waals surface area contributed by atoms with Gasteiger partial charge in [0.05, 0.1) is 7.11 Å². The van der Waals surface area contributed by atoms with Crippen molar-refractivity contribution in [2.45, 2.75) is 44.7 Å². The molecule has 1 atom stereocenters. The SMILES string of the molecule is COC(=O)C(C)NC1CC(c2ccccc2C)C1. The van der Waals surface area contributed by atoms with Crippen LogP contribution in [0.1, 0.15) is 36.8 Å². The molecule has 0 aromatic heterocycles. The number of carbonyl (C=O) groups excluding carboxylic acids is 1. The van der Waals surface area contributed by atoms with E-state index in [0.717, 1.165) is 12.8 Å². The smallest absolute Gasteiger partial charge is 0.322 e. The van der Waals surface area contributed by atoms with Crippen molar-refractivity contribution in [1.82, 2.24) is 5.32 Å². The van der Waals surface area contributed by atoms with Crippen LogP contribution in [-0.2, 0) is 9.53 Å². The highest BCUT2D eigenvalue weighted by molar-refractivity contribution is 5.75. The van der Waals surface area contributed by atoms with Gasteiger partial charge < -0.3 is 10.1 Å². The number of carbonyl (C=O) groups is 1. The Hall–Kier alpha value is -1.35. The zero-order valence-electron chi connectivity index (χ0n) is 11.3. The van der Waals surface area contributed by atoms with Gasteiger partial charge in [0.2, 0.25) is 0 Å². The first-order chi connectivity index (χ1) is 8.61. The molecule has 0 amide bonds. The third kappa shape index (κ3) is 2.72. The summed E-state index contributed by atoms with van der Waals surface area (Å²) in [7, 11) is 1.43. The Labute approximate surface area is 109 Å². The van der Waals surface area contributed by atoms with E-state index in [1.54, 1.807) is 0 Å². The second-order valence-electron chi connectivity index (χ2n) is 5.13. The third-order valence-corrected chi connectivity index (χ3v) is 3.81. The highest BCUT2D eigenvalue weighted by Crippen LogP contribution is 2.38. The maximum absolute atomic E-state index is 11.3.